The molecule has 0 aliphatic rings. The third-order valence-corrected chi connectivity index (χ3v) is 3.64. The summed E-state index contributed by atoms with van der Waals surface area (Å²) in [4.78, 5) is 9.15. The van der Waals surface area contributed by atoms with E-state index in [1.165, 1.54) is 5.56 Å². The van der Waals surface area contributed by atoms with Crippen LogP contribution >= 0.6 is 0 Å². The van der Waals surface area contributed by atoms with Crippen LogP contribution in [0.1, 0.15) is 11.4 Å². The maximum atomic E-state index is 5.20. The van der Waals surface area contributed by atoms with E-state index in [0.29, 0.717) is 0 Å². The van der Waals surface area contributed by atoms with Crippen LogP contribution in [0.2, 0.25) is 0 Å². The lowest BCUT2D eigenvalue weighted by atomic mass is 10.0. The maximum absolute atomic E-state index is 5.20. The van der Waals surface area contributed by atoms with Crippen LogP contribution in [0, 0.1) is 13.8 Å². The van der Waals surface area contributed by atoms with Gasteiger partial charge in [0, 0.05) is 11.1 Å². The Bertz CT molecular complexity index is 795. The first-order chi connectivity index (χ1) is 10.7. The van der Waals surface area contributed by atoms with E-state index in [0.717, 1.165) is 34.1 Å². The van der Waals surface area contributed by atoms with Crippen molar-refractivity contribution < 1.29 is 4.74 Å². The standard InChI is InChI=1S/C19H18N2O/c1-13-6-4-5-7-17(13)19-12-18(20-14(2)21-19)15-8-10-16(22-3)11-9-15/h4-12H,1-3H3. The van der Waals surface area contributed by atoms with Crippen molar-refractivity contribution in [3.8, 4) is 28.3 Å². The topological polar surface area (TPSA) is 35.0 Å². The molecule has 0 saturated carbocycles. The lowest BCUT2D eigenvalue weighted by Crippen LogP contribution is -1.95. The molecule has 0 aliphatic carbocycles. The summed E-state index contributed by atoms with van der Waals surface area (Å²) in [5, 5.41) is 0. The summed E-state index contributed by atoms with van der Waals surface area (Å²) in [5.41, 5.74) is 5.29. The summed E-state index contributed by atoms with van der Waals surface area (Å²) in [5.74, 6) is 1.61. The molecule has 0 unspecified atom stereocenters. The molecule has 0 radical (unpaired) electrons. The van der Waals surface area contributed by atoms with Crippen LogP contribution in [0.5, 0.6) is 5.75 Å². The number of aryl methyl sites for hydroxylation is 2. The van der Waals surface area contributed by atoms with Crippen LogP contribution in [0.3, 0.4) is 0 Å². The minimum Gasteiger partial charge on any atom is -0.497 e. The molecule has 3 heteroatoms. The molecule has 110 valence electrons. The first-order valence-electron chi connectivity index (χ1n) is 7.23. The van der Waals surface area contributed by atoms with Crippen molar-refractivity contribution in [2.24, 2.45) is 0 Å². The van der Waals surface area contributed by atoms with Gasteiger partial charge in [0.2, 0.25) is 0 Å². The third kappa shape index (κ3) is 2.84. The molecule has 0 bridgehead atoms. The predicted molar refractivity (Wildman–Crippen MR) is 88.9 cm³/mol. The number of benzene rings is 2. The lowest BCUT2D eigenvalue weighted by Gasteiger charge is -2.09. The van der Waals surface area contributed by atoms with E-state index >= 15 is 0 Å². The average molecular weight is 290 g/mol. The van der Waals surface area contributed by atoms with Crippen molar-refractivity contribution in [1.29, 1.82) is 0 Å². The minimum absolute atomic E-state index is 0.770. The quantitative estimate of drug-likeness (QED) is 0.715. The van der Waals surface area contributed by atoms with Gasteiger partial charge in [0.05, 0.1) is 18.5 Å². The van der Waals surface area contributed by atoms with Gasteiger partial charge in [-0.15, -0.1) is 0 Å². The van der Waals surface area contributed by atoms with Gasteiger partial charge in [-0.3, -0.25) is 0 Å². The zero-order chi connectivity index (χ0) is 15.5. The number of hydrogen-bond acceptors (Lipinski definition) is 3. The fourth-order valence-electron chi connectivity index (χ4n) is 2.48. The Morgan fingerprint density at radius 2 is 1.50 bits per heavy atom. The Labute approximate surface area is 130 Å². The van der Waals surface area contributed by atoms with Crippen LogP contribution in [0.25, 0.3) is 22.5 Å². The molecule has 0 atom stereocenters. The van der Waals surface area contributed by atoms with Crippen molar-refractivity contribution in [2.75, 3.05) is 7.11 Å². The average Bonchev–Trinajstić information content (AvgIpc) is 2.55. The molecular formula is C19H18N2O. The molecule has 0 N–H and O–H groups in total. The first kappa shape index (κ1) is 14.3. The fourth-order valence-corrected chi connectivity index (χ4v) is 2.48. The smallest absolute Gasteiger partial charge is 0.126 e. The maximum Gasteiger partial charge on any atom is 0.126 e. The highest BCUT2D eigenvalue weighted by Crippen LogP contribution is 2.26. The molecule has 0 spiro atoms. The van der Waals surface area contributed by atoms with E-state index in [9.17, 15) is 0 Å². The summed E-state index contributed by atoms with van der Waals surface area (Å²) in [6.45, 7) is 4.02. The molecule has 0 saturated heterocycles. The van der Waals surface area contributed by atoms with Gasteiger partial charge in [-0.1, -0.05) is 24.3 Å². The van der Waals surface area contributed by atoms with Gasteiger partial charge in [-0.05, 0) is 49.7 Å². The summed E-state index contributed by atoms with van der Waals surface area (Å²) in [6.07, 6.45) is 0. The van der Waals surface area contributed by atoms with Gasteiger partial charge in [-0.25, -0.2) is 9.97 Å². The predicted octanol–water partition coefficient (Wildman–Crippen LogP) is 4.44. The Morgan fingerprint density at radius 1 is 0.818 bits per heavy atom. The van der Waals surface area contributed by atoms with E-state index in [1.807, 2.05) is 49.4 Å². The summed E-state index contributed by atoms with van der Waals surface area (Å²) in [6, 6.07) is 18.2. The Kier molecular flexibility index (Phi) is 3.88. The molecule has 0 aliphatic heterocycles. The number of hydrogen-bond donors (Lipinski definition) is 0. The van der Waals surface area contributed by atoms with Gasteiger partial charge < -0.3 is 4.74 Å². The van der Waals surface area contributed by atoms with Crippen LogP contribution in [0.4, 0.5) is 0 Å². The summed E-state index contributed by atoms with van der Waals surface area (Å²) in [7, 11) is 1.67. The molecule has 2 aromatic carbocycles. The van der Waals surface area contributed by atoms with Crippen LogP contribution in [-0.4, -0.2) is 17.1 Å². The Morgan fingerprint density at radius 3 is 2.18 bits per heavy atom. The largest absolute Gasteiger partial charge is 0.497 e. The first-order valence-corrected chi connectivity index (χ1v) is 7.23. The van der Waals surface area contributed by atoms with Gasteiger partial charge in [0.15, 0.2) is 0 Å². The number of aromatic nitrogens is 2. The van der Waals surface area contributed by atoms with Crippen molar-refractivity contribution >= 4 is 0 Å². The van der Waals surface area contributed by atoms with E-state index in [-0.39, 0.29) is 0 Å². The lowest BCUT2D eigenvalue weighted by molar-refractivity contribution is 0.415. The number of ether oxygens (including phenoxy) is 1. The highest BCUT2D eigenvalue weighted by atomic mass is 16.5. The molecule has 3 rings (SSSR count). The molecular weight excluding hydrogens is 272 g/mol. The van der Waals surface area contributed by atoms with Gasteiger partial charge >= 0.3 is 0 Å². The molecule has 0 amide bonds. The Hall–Kier alpha value is -2.68. The highest BCUT2D eigenvalue weighted by molar-refractivity contribution is 5.70. The van der Waals surface area contributed by atoms with E-state index in [2.05, 4.69) is 29.0 Å². The van der Waals surface area contributed by atoms with Crippen LogP contribution in [0.15, 0.2) is 54.6 Å². The van der Waals surface area contributed by atoms with Crippen molar-refractivity contribution in [1.82, 2.24) is 9.97 Å². The van der Waals surface area contributed by atoms with Crippen molar-refractivity contribution in [3.63, 3.8) is 0 Å². The molecule has 0 fully saturated rings. The van der Waals surface area contributed by atoms with Gasteiger partial charge in [0.25, 0.3) is 0 Å². The van der Waals surface area contributed by atoms with Gasteiger partial charge in [0.1, 0.15) is 11.6 Å². The molecule has 1 aromatic heterocycles. The van der Waals surface area contributed by atoms with E-state index in [4.69, 9.17) is 4.74 Å². The van der Waals surface area contributed by atoms with Crippen molar-refractivity contribution in [3.05, 3.63) is 66.0 Å². The fraction of sp³-hybridized carbons (Fsp3) is 0.158. The second-order valence-electron chi connectivity index (χ2n) is 5.23. The molecule has 3 aromatic rings. The number of rotatable bonds is 3. The van der Waals surface area contributed by atoms with Crippen LogP contribution < -0.4 is 4.74 Å². The highest BCUT2D eigenvalue weighted by Gasteiger charge is 2.08. The number of methoxy groups -OCH3 is 1. The monoisotopic (exact) mass is 290 g/mol. The van der Waals surface area contributed by atoms with Gasteiger partial charge in [-0.2, -0.15) is 0 Å². The second-order valence-corrected chi connectivity index (χ2v) is 5.23. The summed E-state index contributed by atoms with van der Waals surface area (Å²) < 4.78 is 5.20. The zero-order valence-corrected chi connectivity index (χ0v) is 13.0. The van der Waals surface area contributed by atoms with Crippen molar-refractivity contribution in [2.45, 2.75) is 13.8 Å². The molecule has 3 nitrogen and oxygen atoms in total. The minimum atomic E-state index is 0.770. The normalized spacial score (nSPS) is 10.5. The number of nitrogens with zero attached hydrogens (tertiary/aromatic N) is 2. The van der Waals surface area contributed by atoms with Crippen LogP contribution in [-0.2, 0) is 0 Å². The Balaban J connectivity index is 2.08. The second kappa shape index (κ2) is 5.98. The molecule has 22 heavy (non-hydrogen) atoms. The van der Waals surface area contributed by atoms with E-state index in [1.54, 1.807) is 7.11 Å². The SMILES string of the molecule is COc1ccc(-c2cc(-c3ccccc3C)nc(C)n2)cc1. The summed E-state index contributed by atoms with van der Waals surface area (Å²) >= 11 is 0. The van der Waals surface area contributed by atoms with E-state index < -0.39 is 0 Å². The third-order valence-electron chi connectivity index (χ3n) is 3.64. The molecule has 1 heterocycles. The zero-order valence-electron chi connectivity index (χ0n) is 13.0.